The molecule has 0 radical (unpaired) electrons. The number of likely N-dealkylation sites (tertiary alicyclic amines) is 1. The first-order valence-electron chi connectivity index (χ1n) is 12.0. The van der Waals surface area contributed by atoms with Crippen LogP contribution < -0.4 is 10.2 Å². The van der Waals surface area contributed by atoms with Crippen molar-refractivity contribution in [3.8, 4) is 0 Å². The zero-order chi connectivity index (χ0) is 22.9. The third-order valence-electron chi connectivity index (χ3n) is 6.58. The lowest BCUT2D eigenvalue weighted by atomic mass is 9.90. The number of rotatable bonds is 6. The third-order valence-corrected chi connectivity index (χ3v) is 6.58. The second-order valence-corrected chi connectivity index (χ2v) is 8.76. The number of aromatic nitrogens is 2. The van der Waals surface area contributed by atoms with E-state index in [1.807, 2.05) is 18.0 Å². The van der Waals surface area contributed by atoms with Crippen molar-refractivity contribution in [2.75, 3.05) is 57.8 Å². The molecule has 1 N–H and O–H groups in total. The highest BCUT2D eigenvalue weighted by Gasteiger charge is 2.24. The molecule has 0 bridgehead atoms. The Bertz CT molecular complexity index is 889. The summed E-state index contributed by atoms with van der Waals surface area (Å²) in [5, 5.41) is 3.41. The van der Waals surface area contributed by atoms with Gasteiger partial charge >= 0.3 is 0 Å². The number of nitrogens with one attached hydrogen (secondary N) is 1. The van der Waals surface area contributed by atoms with E-state index in [1.165, 1.54) is 18.4 Å². The summed E-state index contributed by atoms with van der Waals surface area (Å²) in [6.45, 7) is 5.58. The molecule has 1 aromatic heterocycles. The summed E-state index contributed by atoms with van der Waals surface area (Å²) >= 11 is 0. The molecule has 1 aromatic carbocycles. The summed E-state index contributed by atoms with van der Waals surface area (Å²) in [6.07, 6.45) is 7.48. The number of benzene rings is 1. The monoisotopic (exact) mass is 449 g/mol. The highest BCUT2D eigenvalue weighted by molar-refractivity contribution is 5.81. The fourth-order valence-electron chi connectivity index (χ4n) is 4.68. The van der Waals surface area contributed by atoms with Gasteiger partial charge in [-0.05, 0) is 36.8 Å². The number of piperidine rings is 1. The first kappa shape index (κ1) is 23.0. The van der Waals surface area contributed by atoms with Gasteiger partial charge in [-0.1, -0.05) is 30.3 Å². The molecule has 2 aliphatic heterocycles. The molecular weight excluding hydrogens is 414 g/mol. The molecular formula is C25H35N7O. The Kier molecular flexibility index (Phi) is 8.11. The molecule has 0 saturated carbocycles. The van der Waals surface area contributed by atoms with Crippen LogP contribution in [0.4, 0.5) is 5.95 Å². The topological polar surface area (TPSA) is 77.0 Å². The van der Waals surface area contributed by atoms with E-state index in [0.717, 1.165) is 50.4 Å². The van der Waals surface area contributed by atoms with Crippen LogP contribution in [0.5, 0.6) is 0 Å². The molecule has 2 saturated heterocycles. The number of aliphatic imine (C=N–C) groups is 1. The Labute approximate surface area is 196 Å². The van der Waals surface area contributed by atoms with Crippen LogP contribution in [0.3, 0.4) is 0 Å². The summed E-state index contributed by atoms with van der Waals surface area (Å²) in [5.41, 5.74) is 1.43. The van der Waals surface area contributed by atoms with Gasteiger partial charge in [0, 0.05) is 71.7 Å². The molecule has 4 rings (SSSR count). The van der Waals surface area contributed by atoms with E-state index in [4.69, 9.17) is 0 Å². The van der Waals surface area contributed by atoms with Crippen molar-refractivity contribution >= 4 is 17.8 Å². The van der Waals surface area contributed by atoms with Crippen LogP contribution in [0.15, 0.2) is 53.8 Å². The fourth-order valence-corrected chi connectivity index (χ4v) is 4.68. The molecule has 8 heteroatoms. The Hall–Kier alpha value is -3.16. The Morgan fingerprint density at radius 3 is 2.33 bits per heavy atom. The van der Waals surface area contributed by atoms with E-state index in [1.54, 1.807) is 12.4 Å². The Balaban J connectivity index is 1.15. The number of piperazine rings is 1. The Morgan fingerprint density at radius 1 is 0.970 bits per heavy atom. The van der Waals surface area contributed by atoms with Gasteiger partial charge in [-0.25, -0.2) is 9.97 Å². The second kappa shape index (κ2) is 11.6. The highest BCUT2D eigenvalue weighted by Crippen LogP contribution is 2.21. The van der Waals surface area contributed by atoms with Crippen molar-refractivity contribution < 1.29 is 4.79 Å². The van der Waals surface area contributed by atoms with Gasteiger partial charge in [0.15, 0.2) is 5.96 Å². The number of carbonyl (C=O) groups is 1. The molecule has 2 fully saturated rings. The minimum Gasteiger partial charge on any atom is -0.356 e. The van der Waals surface area contributed by atoms with Gasteiger partial charge < -0.3 is 20.0 Å². The van der Waals surface area contributed by atoms with Crippen molar-refractivity contribution in [3.05, 3.63) is 54.4 Å². The lowest BCUT2D eigenvalue weighted by Crippen LogP contribution is -2.50. The van der Waals surface area contributed by atoms with Gasteiger partial charge in [-0.2, -0.15) is 0 Å². The average Bonchev–Trinajstić information content (AvgIpc) is 2.88. The SMILES string of the molecule is CN=C(NCCC(=O)N1CCN(c2ncccn2)CC1)N1CCC(Cc2ccccc2)CC1. The van der Waals surface area contributed by atoms with Crippen LogP contribution in [-0.4, -0.2) is 84.5 Å². The fraction of sp³-hybridized carbons (Fsp3) is 0.520. The van der Waals surface area contributed by atoms with E-state index in [2.05, 4.69) is 60.4 Å². The first-order chi connectivity index (χ1) is 16.2. The van der Waals surface area contributed by atoms with E-state index in [9.17, 15) is 4.79 Å². The standard InChI is InChI=1S/C25H35N7O/c1-26-24(31-14-9-22(10-15-31)20-21-6-3-2-4-7-21)29-13-8-23(33)30-16-18-32(19-17-30)25-27-11-5-12-28-25/h2-7,11-12,22H,8-10,13-20H2,1H3,(H,26,29). The van der Waals surface area contributed by atoms with E-state index in [-0.39, 0.29) is 5.91 Å². The summed E-state index contributed by atoms with van der Waals surface area (Å²) in [7, 11) is 1.82. The lowest BCUT2D eigenvalue weighted by molar-refractivity contribution is -0.131. The molecule has 3 heterocycles. The minimum atomic E-state index is 0.188. The van der Waals surface area contributed by atoms with Crippen LogP contribution in [-0.2, 0) is 11.2 Å². The van der Waals surface area contributed by atoms with Crippen LogP contribution in [0.1, 0.15) is 24.8 Å². The molecule has 8 nitrogen and oxygen atoms in total. The van der Waals surface area contributed by atoms with Gasteiger partial charge in [0.1, 0.15) is 0 Å². The summed E-state index contributed by atoms with van der Waals surface area (Å²) in [6, 6.07) is 12.6. The maximum absolute atomic E-state index is 12.7. The largest absolute Gasteiger partial charge is 0.356 e. The van der Waals surface area contributed by atoms with E-state index < -0.39 is 0 Å². The molecule has 2 aromatic rings. The van der Waals surface area contributed by atoms with Crippen molar-refractivity contribution in [1.82, 2.24) is 25.1 Å². The second-order valence-electron chi connectivity index (χ2n) is 8.76. The summed E-state index contributed by atoms with van der Waals surface area (Å²) in [5.74, 6) is 2.56. The number of hydrogen-bond acceptors (Lipinski definition) is 5. The van der Waals surface area contributed by atoms with Gasteiger partial charge in [0.2, 0.25) is 11.9 Å². The van der Waals surface area contributed by atoms with Gasteiger partial charge in [0.05, 0.1) is 0 Å². The highest BCUT2D eigenvalue weighted by atomic mass is 16.2. The number of anilines is 1. The maximum Gasteiger partial charge on any atom is 0.225 e. The van der Waals surface area contributed by atoms with Crippen molar-refractivity contribution in [2.24, 2.45) is 10.9 Å². The smallest absolute Gasteiger partial charge is 0.225 e. The zero-order valence-corrected chi connectivity index (χ0v) is 19.6. The van der Waals surface area contributed by atoms with Crippen molar-refractivity contribution in [2.45, 2.75) is 25.7 Å². The summed E-state index contributed by atoms with van der Waals surface area (Å²) in [4.78, 5) is 32.2. The maximum atomic E-state index is 12.7. The number of nitrogens with zero attached hydrogens (tertiary/aromatic N) is 6. The van der Waals surface area contributed by atoms with Gasteiger partial charge in [-0.15, -0.1) is 0 Å². The molecule has 33 heavy (non-hydrogen) atoms. The quantitative estimate of drug-likeness (QED) is 0.537. The number of amides is 1. The van der Waals surface area contributed by atoms with Crippen LogP contribution in [0.2, 0.25) is 0 Å². The minimum absolute atomic E-state index is 0.188. The molecule has 0 atom stereocenters. The van der Waals surface area contributed by atoms with Gasteiger partial charge in [0.25, 0.3) is 0 Å². The zero-order valence-electron chi connectivity index (χ0n) is 19.6. The van der Waals surface area contributed by atoms with Crippen molar-refractivity contribution in [3.63, 3.8) is 0 Å². The molecule has 176 valence electrons. The number of guanidine groups is 1. The summed E-state index contributed by atoms with van der Waals surface area (Å²) < 4.78 is 0. The molecule has 2 aliphatic rings. The molecule has 0 spiro atoms. The average molecular weight is 450 g/mol. The third kappa shape index (κ3) is 6.43. The lowest BCUT2D eigenvalue weighted by Gasteiger charge is -2.35. The van der Waals surface area contributed by atoms with Crippen LogP contribution >= 0.6 is 0 Å². The predicted octanol–water partition coefficient (Wildman–Crippen LogP) is 2.05. The number of hydrogen-bond donors (Lipinski definition) is 1. The van der Waals surface area contributed by atoms with Gasteiger partial charge in [-0.3, -0.25) is 9.79 Å². The molecule has 0 aliphatic carbocycles. The van der Waals surface area contributed by atoms with Crippen LogP contribution in [0.25, 0.3) is 0 Å². The molecule has 1 amide bonds. The predicted molar refractivity (Wildman–Crippen MR) is 131 cm³/mol. The van der Waals surface area contributed by atoms with Crippen LogP contribution in [0, 0.1) is 5.92 Å². The molecule has 0 unspecified atom stereocenters. The first-order valence-corrected chi connectivity index (χ1v) is 12.0. The van der Waals surface area contributed by atoms with Crippen molar-refractivity contribution in [1.29, 1.82) is 0 Å². The number of carbonyl (C=O) groups excluding carboxylic acids is 1. The van der Waals surface area contributed by atoms with E-state index >= 15 is 0 Å². The Morgan fingerprint density at radius 2 is 1.67 bits per heavy atom. The normalized spacial score (nSPS) is 17.8. The van der Waals surface area contributed by atoms with E-state index in [0.29, 0.717) is 26.1 Å².